The molecule has 0 aliphatic carbocycles. The van der Waals surface area contributed by atoms with E-state index in [4.69, 9.17) is 0 Å². The van der Waals surface area contributed by atoms with Gasteiger partial charge in [0.05, 0.1) is 5.54 Å². The number of carbonyl (C=O) groups excluding carboxylic acids is 1. The lowest BCUT2D eigenvalue weighted by Gasteiger charge is -2.29. The lowest BCUT2D eigenvalue weighted by Crippen LogP contribution is -2.45. The topological polar surface area (TPSA) is 38.1 Å². The summed E-state index contributed by atoms with van der Waals surface area (Å²) in [6.45, 7) is 3.79. The van der Waals surface area contributed by atoms with Crippen molar-refractivity contribution in [3.8, 4) is 0 Å². The molecule has 0 radical (unpaired) electrons. The van der Waals surface area contributed by atoms with Gasteiger partial charge in [0.25, 0.3) is 0 Å². The van der Waals surface area contributed by atoms with Crippen molar-refractivity contribution >= 4 is 5.78 Å². The first-order chi connectivity index (χ1) is 6.35. The van der Waals surface area contributed by atoms with Crippen molar-refractivity contribution in [2.75, 3.05) is 14.1 Å². The van der Waals surface area contributed by atoms with Gasteiger partial charge in [0.15, 0.2) is 0 Å². The Balaban J connectivity index is 2.96. The van der Waals surface area contributed by atoms with Gasteiger partial charge in [0.1, 0.15) is 5.69 Å². The number of hydrogen-bond acceptors (Lipinski definition) is 3. The van der Waals surface area contributed by atoms with Crippen LogP contribution in [0.3, 0.4) is 0 Å². The molecule has 78 valence electrons. The van der Waals surface area contributed by atoms with Crippen molar-refractivity contribution < 1.29 is 4.79 Å². The SMILES string of the molecule is CN(C)C(C)(C)C(=O)c1ccn(C)n1. The number of hydrogen-bond donors (Lipinski definition) is 0. The molecule has 0 bridgehead atoms. The molecule has 0 saturated carbocycles. The average molecular weight is 195 g/mol. The maximum atomic E-state index is 12.0. The standard InChI is InChI=1S/C10H17N3O/c1-10(2,12(3)4)9(14)8-6-7-13(5)11-8/h6-7H,1-5H3. The second-order valence-electron chi connectivity index (χ2n) is 4.16. The van der Waals surface area contributed by atoms with E-state index < -0.39 is 5.54 Å². The van der Waals surface area contributed by atoms with Gasteiger partial charge in [-0.05, 0) is 34.0 Å². The number of carbonyl (C=O) groups is 1. The summed E-state index contributed by atoms with van der Waals surface area (Å²) in [6.07, 6.45) is 1.78. The molecule has 0 N–H and O–H groups in total. The second kappa shape index (κ2) is 3.53. The maximum absolute atomic E-state index is 12.0. The third-order valence-electron chi connectivity index (χ3n) is 2.62. The van der Waals surface area contributed by atoms with E-state index in [1.807, 2.05) is 32.8 Å². The maximum Gasteiger partial charge on any atom is 0.202 e. The summed E-state index contributed by atoms with van der Waals surface area (Å²) < 4.78 is 1.64. The third-order valence-corrected chi connectivity index (χ3v) is 2.62. The Hall–Kier alpha value is -1.16. The zero-order valence-electron chi connectivity index (χ0n) is 9.40. The van der Waals surface area contributed by atoms with Crippen molar-refractivity contribution in [3.63, 3.8) is 0 Å². The number of Topliss-reactive ketones (excluding diaryl/α,β-unsaturated/α-hetero) is 1. The zero-order chi connectivity index (χ0) is 10.9. The smallest absolute Gasteiger partial charge is 0.202 e. The summed E-state index contributed by atoms with van der Waals surface area (Å²) in [5, 5.41) is 4.10. The van der Waals surface area contributed by atoms with E-state index in [1.165, 1.54) is 0 Å². The van der Waals surface area contributed by atoms with Crippen LogP contribution in [0.25, 0.3) is 0 Å². The fourth-order valence-corrected chi connectivity index (χ4v) is 1.05. The van der Waals surface area contributed by atoms with Gasteiger partial charge in [0, 0.05) is 13.2 Å². The molecule has 0 aliphatic heterocycles. The predicted octanol–water partition coefficient (Wildman–Crippen LogP) is 0.943. The van der Waals surface area contributed by atoms with Gasteiger partial charge in [-0.15, -0.1) is 0 Å². The van der Waals surface area contributed by atoms with Crippen LogP contribution in [0.4, 0.5) is 0 Å². The second-order valence-corrected chi connectivity index (χ2v) is 4.16. The molecular weight excluding hydrogens is 178 g/mol. The van der Waals surface area contributed by atoms with Crippen LogP contribution in [0.5, 0.6) is 0 Å². The fourth-order valence-electron chi connectivity index (χ4n) is 1.05. The molecule has 0 atom stereocenters. The van der Waals surface area contributed by atoms with E-state index in [0.717, 1.165) is 0 Å². The lowest BCUT2D eigenvalue weighted by molar-refractivity contribution is 0.0749. The summed E-state index contributed by atoms with van der Waals surface area (Å²) in [5.74, 6) is 0.0445. The molecule has 0 fully saturated rings. The normalized spacial score (nSPS) is 12.1. The minimum atomic E-state index is -0.506. The molecule has 0 spiro atoms. The predicted molar refractivity (Wildman–Crippen MR) is 55.3 cm³/mol. The molecule has 1 heterocycles. The Morgan fingerprint density at radius 1 is 1.50 bits per heavy atom. The van der Waals surface area contributed by atoms with Crippen LogP contribution in [-0.2, 0) is 7.05 Å². The molecule has 0 aliphatic rings. The molecule has 0 amide bonds. The molecule has 1 aromatic heterocycles. The zero-order valence-corrected chi connectivity index (χ0v) is 9.40. The van der Waals surface area contributed by atoms with Gasteiger partial charge in [0.2, 0.25) is 5.78 Å². The molecule has 0 unspecified atom stereocenters. The number of nitrogens with zero attached hydrogens (tertiary/aromatic N) is 3. The van der Waals surface area contributed by atoms with Crippen molar-refractivity contribution in [2.45, 2.75) is 19.4 Å². The van der Waals surface area contributed by atoms with Crippen molar-refractivity contribution in [1.82, 2.24) is 14.7 Å². The van der Waals surface area contributed by atoms with Crippen molar-refractivity contribution in [2.24, 2.45) is 7.05 Å². The third kappa shape index (κ3) is 1.85. The highest BCUT2D eigenvalue weighted by molar-refractivity contribution is 6.01. The Bertz CT molecular complexity index is 339. The lowest BCUT2D eigenvalue weighted by atomic mass is 9.95. The highest BCUT2D eigenvalue weighted by atomic mass is 16.1. The van der Waals surface area contributed by atoms with E-state index in [9.17, 15) is 4.79 Å². The summed E-state index contributed by atoms with van der Waals surface area (Å²) in [5.41, 5.74) is 0.0140. The van der Waals surface area contributed by atoms with Crippen LogP contribution < -0.4 is 0 Å². The molecule has 4 heteroatoms. The van der Waals surface area contributed by atoms with Crippen LogP contribution >= 0.6 is 0 Å². The molecule has 1 rings (SSSR count). The first-order valence-corrected chi connectivity index (χ1v) is 4.57. The van der Waals surface area contributed by atoms with Crippen LogP contribution in [0.1, 0.15) is 24.3 Å². The fraction of sp³-hybridized carbons (Fsp3) is 0.600. The Labute approximate surface area is 84.5 Å². The molecule has 0 aromatic carbocycles. The van der Waals surface area contributed by atoms with Crippen LogP contribution in [0, 0.1) is 0 Å². The van der Waals surface area contributed by atoms with E-state index in [-0.39, 0.29) is 5.78 Å². The molecule has 4 nitrogen and oxygen atoms in total. The minimum Gasteiger partial charge on any atom is -0.297 e. The van der Waals surface area contributed by atoms with Crippen LogP contribution in [-0.4, -0.2) is 40.1 Å². The molecular formula is C10H17N3O. The monoisotopic (exact) mass is 195 g/mol. The summed E-state index contributed by atoms with van der Waals surface area (Å²) in [7, 11) is 5.58. The summed E-state index contributed by atoms with van der Waals surface area (Å²) >= 11 is 0. The number of aryl methyl sites for hydroxylation is 1. The van der Waals surface area contributed by atoms with E-state index in [1.54, 1.807) is 24.0 Å². The summed E-state index contributed by atoms with van der Waals surface area (Å²) in [6, 6.07) is 1.74. The summed E-state index contributed by atoms with van der Waals surface area (Å²) in [4.78, 5) is 13.9. The van der Waals surface area contributed by atoms with Gasteiger partial charge in [-0.2, -0.15) is 5.10 Å². The quantitative estimate of drug-likeness (QED) is 0.674. The number of aromatic nitrogens is 2. The van der Waals surface area contributed by atoms with Gasteiger partial charge in [-0.1, -0.05) is 0 Å². The molecule has 0 saturated heterocycles. The van der Waals surface area contributed by atoms with E-state index in [0.29, 0.717) is 5.69 Å². The Morgan fingerprint density at radius 3 is 2.43 bits per heavy atom. The highest BCUT2D eigenvalue weighted by Crippen LogP contribution is 2.16. The molecule has 14 heavy (non-hydrogen) atoms. The number of likely N-dealkylation sites (N-methyl/N-ethyl adjacent to an activating group) is 1. The highest BCUT2D eigenvalue weighted by Gasteiger charge is 2.32. The van der Waals surface area contributed by atoms with Gasteiger partial charge >= 0.3 is 0 Å². The first-order valence-electron chi connectivity index (χ1n) is 4.57. The minimum absolute atomic E-state index is 0.0445. The average Bonchev–Trinajstić information content (AvgIpc) is 2.50. The van der Waals surface area contributed by atoms with Crippen LogP contribution in [0.15, 0.2) is 12.3 Å². The van der Waals surface area contributed by atoms with E-state index in [2.05, 4.69) is 5.10 Å². The van der Waals surface area contributed by atoms with Gasteiger partial charge in [-0.25, -0.2) is 0 Å². The Kier molecular flexibility index (Phi) is 2.76. The first kappa shape index (κ1) is 10.9. The Morgan fingerprint density at radius 2 is 2.07 bits per heavy atom. The van der Waals surface area contributed by atoms with Gasteiger partial charge < -0.3 is 0 Å². The van der Waals surface area contributed by atoms with Crippen molar-refractivity contribution in [1.29, 1.82) is 0 Å². The molecule has 1 aromatic rings. The number of rotatable bonds is 3. The largest absolute Gasteiger partial charge is 0.297 e. The number of ketones is 1. The van der Waals surface area contributed by atoms with Crippen LogP contribution in [0.2, 0.25) is 0 Å². The van der Waals surface area contributed by atoms with Crippen molar-refractivity contribution in [3.05, 3.63) is 18.0 Å². The van der Waals surface area contributed by atoms with Gasteiger partial charge in [-0.3, -0.25) is 14.4 Å². The van der Waals surface area contributed by atoms with E-state index >= 15 is 0 Å².